The topological polar surface area (TPSA) is 74.8 Å². The Kier molecular flexibility index (Phi) is 4.99. The highest BCUT2D eigenvalue weighted by molar-refractivity contribution is 6.07. The number of pyridine rings is 1. The first kappa shape index (κ1) is 14.8. The molecule has 4 heteroatoms. The molecule has 0 aromatic carbocycles. The van der Waals surface area contributed by atoms with E-state index < -0.39 is 0 Å². The van der Waals surface area contributed by atoms with Gasteiger partial charge in [0.05, 0.1) is 5.56 Å². The second-order valence-electron chi connectivity index (χ2n) is 5.83. The van der Waals surface area contributed by atoms with Crippen molar-refractivity contribution in [3.63, 3.8) is 0 Å². The molecule has 1 heterocycles. The maximum atomic E-state index is 8.37. The van der Waals surface area contributed by atoms with Gasteiger partial charge in [0.25, 0.3) is 0 Å². The van der Waals surface area contributed by atoms with Gasteiger partial charge in [-0.1, -0.05) is 33.1 Å². The Balaban J connectivity index is 2.23. The molecule has 1 atom stereocenters. The number of aromatic nitrogens is 1. The van der Waals surface area contributed by atoms with E-state index in [2.05, 4.69) is 24.1 Å². The summed E-state index contributed by atoms with van der Waals surface area (Å²) in [5, 5.41) is 11.9. The molecule has 1 aromatic rings. The van der Waals surface area contributed by atoms with Crippen LogP contribution in [0.5, 0.6) is 0 Å². The third-order valence-electron chi connectivity index (χ3n) is 4.30. The van der Waals surface area contributed by atoms with Crippen molar-refractivity contribution in [1.29, 1.82) is 5.41 Å². The molecular formula is C16H26N4. The predicted octanol–water partition coefficient (Wildman–Crippen LogP) is 3.82. The Morgan fingerprint density at radius 3 is 2.80 bits per heavy atom. The van der Waals surface area contributed by atoms with Crippen LogP contribution in [0.15, 0.2) is 12.3 Å². The lowest BCUT2D eigenvalue weighted by molar-refractivity contribution is 0.462. The summed E-state index contributed by atoms with van der Waals surface area (Å²) in [6, 6.07) is 2.26. The maximum Gasteiger partial charge on any atom is 0.137 e. The number of hydrogen-bond acceptors (Lipinski definition) is 4. The van der Waals surface area contributed by atoms with Crippen LogP contribution in [0.1, 0.15) is 57.9 Å². The van der Waals surface area contributed by atoms with Crippen LogP contribution in [0.4, 0.5) is 11.5 Å². The number of anilines is 2. The molecule has 1 saturated carbocycles. The summed E-state index contributed by atoms with van der Waals surface area (Å²) in [4.78, 5) is 4.44. The molecule has 20 heavy (non-hydrogen) atoms. The SMILES string of the molecule is CCC(C)C(=N)c1c(N)ccnc1NC1CCCCC1. The number of nitrogen functional groups attached to an aromatic ring is 1. The van der Waals surface area contributed by atoms with E-state index in [1.165, 1.54) is 32.1 Å². The standard InChI is InChI=1S/C16H26N4/c1-3-11(2)15(18)14-13(17)9-10-19-16(14)20-12-7-5-4-6-8-12/h9-12,18H,3-8H2,1-2H3,(H3,17,19,20). The first-order valence-corrected chi connectivity index (χ1v) is 7.73. The molecule has 1 aromatic heterocycles. The van der Waals surface area contributed by atoms with Gasteiger partial charge < -0.3 is 16.5 Å². The van der Waals surface area contributed by atoms with Gasteiger partial charge in [-0.15, -0.1) is 0 Å². The molecule has 1 fully saturated rings. The van der Waals surface area contributed by atoms with Gasteiger partial charge in [-0.25, -0.2) is 4.98 Å². The van der Waals surface area contributed by atoms with Crippen molar-refractivity contribution in [1.82, 2.24) is 4.98 Å². The van der Waals surface area contributed by atoms with E-state index in [9.17, 15) is 0 Å². The molecule has 4 nitrogen and oxygen atoms in total. The van der Waals surface area contributed by atoms with Gasteiger partial charge in [-0.2, -0.15) is 0 Å². The fourth-order valence-electron chi connectivity index (χ4n) is 2.76. The molecule has 0 bridgehead atoms. The molecule has 0 aliphatic heterocycles. The highest BCUT2D eigenvalue weighted by Crippen LogP contribution is 2.27. The van der Waals surface area contributed by atoms with Gasteiger partial charge in [-0.05, 0) is 31.2 Å². The minimum atomic E-state index is 0.202. The van der Waals surface area contributed by atoms with Crippen LogP contribution in [0, 0.1) is 11.3 Å². The number of nitrogens with zero attached hydrogens (tertiary/aromatic N) is 1. The monoisotopic (exact) mass is 274 g/mol. The summed E-state index contributed by atoms with van der Waals surface area (Å²) in [6.07, 6.45) is 8.93. The molecule has 0 radical (unpaired) electrons. The fraction of sp³-hybridized carbons (Fsp3) is 0.625. The van der Waals surface area contributed by atoms with Crippen LogP contribution in [0.25, 0.3) is 0 Å². The van der Waals surface area contributed by atoms with Crippen LogP contribution >= 0.6 is 0 Å². The average molecular weight is 274 g/mol. The zero-order valence-electron chi connectivity index (χ0n) is 12.6. The Hall–Kier alpha value is -1.58. The fourth-order valence-corrected chi connectivity index (χ4v) is 2.76. The van der Waals surface area contributed by atoms with Crippen molar-refractivity contribution in [3.05, 3.63) is 17.8 Å². The first-order valence-electron chi connectivity index (χ1n) is 7.73. The number of nitrogens with two attached hydrogens (primary N) is 1. The smallest absolute Gasteiger partial charge is 0.137 e. The van der Waals surface area contributed by atoms with Gasteiger partial charge in [0, 0.05) is 23.6 Å². The third-order valence-corrected chi connectivity index (χ3v) is 4.30. The highest BCUT2D eigenvalue weighted by Gasteiger charge is 2.20. The zero-order valence-corrected chi connectivity index (χ0v) is 12.6. The van der Waals surface area contributed by atoms with Gasteiger partial charge in [-0.3, -0.25) is 0 Å². The van der Waals surface area contributed by atoms with Crippen molar-refractivity contribution in [2.24, 2.45) is 5.92 Å². The lowest BCUT2D eigenvalue weighted by atomic mass is 9.93. The lowest BCUT2D eigenvalue weighted by Crippen LogP contribution is -2.25. The zero-order chi connectivity index (χ0) is 14.5. The molecule has 110 valence electrons. The molecule has 1 aliphatic carbocycles. The normalized spacial score (nSPS) is 17.7. The summed E-state index contributed by atoms with van der Waals surface area (Å²) in [7, 11) is 0. The van der Waals surface area contributed by atoms with Crippen LogP contribution in [0.2, 0.25) is 0 Å². The first-order chi connectivity index (χ1) is 9.63. The molecule has 0 amide bonds. The second kappa shape index (κ2) is 6.73. The van der Waals surface area contributed by atoms with Gasteiger partial charge >= 0.3 is 0 Å². The van der Waals surface area contributed by atoms with E-state index >= 15 is 0 Å². The molecule has 4 N–H and O–H groups in total. The summed E-state index contributed by atoms with van der Waals surface area (Å²) in [5.41, 5.74) is 8.15. The molecule has 2 rings (SSSR count). The average Bonchev–Trinajstić information content (AvgIpc) is 2.47. The largest absolute Gasteiger partial charge is 0.398 e. The minimum absolute atomic E-state index is 0.202. The summed E-state index contributed by atoms with van der Waals surface area (Å²) in [5.74, 6) is 0.996. The lowest BCUT2D eigenvalue weighted by Gasteiger charge is -2.25. The van der Waals surface area contributed by atoms with Crippen molar-refractivity contribution >= 4 is 17.2 Å². The van der Waals surface area contributed by atoms with Gasteiger partial charge in [0.15, 0.2) is 0 Å². The quantitative estimate of drug-likeness (QED) is 0.714. The second-order valence-corrected chi connectivity index (χ2v) is 5.83. The van der Waals surface area contributed by atoms with Crippen molar-refractivity contribution in [3.8, 4) is 0 Å². The van der Waals surface area contributed by atoms with E-state index in [0.717, 1.165) is 17.8 Å². The Morgan fingerprint density at radius 1 is 1.45 bits per heavy atom. The van der Waals surface area contributed by atoms with E-state index in [0.29, 0.717) is 17.4 Å². The number of nitrogens with one attached hydrogen (secondary N) is 2. The summed E-state index contributed by atoms with van der Waals surface area (Å²) >= 11 is 0. The highest BCUT2D eigenvalue weighted by atomic mass is 15.0. The molecule has 1 aliphatic rings. The Bertz CT molecular complexity index is 464. The third kappa shape index (κ3) is 3.30. The van der Waals surface area contributed by atoms with Crippen LogP contribution < -0.4 is 11.1 Å². The number of hydrogen-bond donors (Lipinski definition) is 3. The van der Waals surface area contributed by atoms with Crippen molar-refractivity contribution < 1.29 is 0 Å². The molecule has 0 saturated heterocycles. The van der Waals surface area contributed by atoms with E-state index in [1.807, 2.05) is 0 Å². The van der Waals surface area contributed by atoms with Crippen LogP contribution in [-0.2, 0) is 0 Å². The Labute approximate surface area is 121 Å². The van der Waals surface area contributed by atoms with Gasteiger partial charge in [0.1, 0.15) is 5.82 Å². The summed E-state index contributed by atoms with van der Waals surface area (Å²) in [6.45, 7) is 4.17. The van der Waals surface area contributed by atoms with Crippen LogP contribution in [-0.4, -0.2) is 16.7 Å². The Morgan fingerprint density at radius 2 is 2.15 bits per heavy atom. The van der Waals surface area contributed by atoms with E-state index in [4.69, 9.17) is 11.1 Å². The maximum absolute atomic E-state index is 8.37. The van der Waals surface area contributed by atoms with Crippen molar-refractivity contribution in [2.45, 2.75) is 58.4 Å². The molecule has 0 spiro atoms. The van der Waals surface area contributed by atoms with E-state index in [1.54, 1.807) is 12.3 Å². The predicted molar refractivity (Wildman–Crippen MR) is 85.4 cm³/mol. The van der Waals surface area contributed by atoms with Crippen LogP contribution in [0.3, 0.4) is 0 Å². The summed E-state index contributed by atoms with van der Waals surface area (Å²) < 4.78 is 0. The molecule has 1 unspecified atom stereocenters. The number of rotatable bonds is 5. The van der Waals surface area contributed by atoms with Gasteiger partial charge in [0.2, 0.25) is 0 Å². The van der Waals surface area contributed by atoms with E-state index in [-0.39, 0.29) is 5.92 Å². The molecular weight excluding hydrogens is 248 g/mol. The minimum Gasteiger partial charge on any atom is -0.398 e. The van der Waals surface area contributed by atoms with Crippen molar-refractivity contribution in [2.75, 3.05) is 11.1 Å².